The molecule has 0 aliphatic rings. The average Bonchev–Trinajstić information content (AvgIpc) is 2.65. The summed E-state index contributed by atoms with van der Waals surface area (Å²) in [6, 6.07) is 3.71. The molecule has 0 amide bonds. The lowest BCUT2D eigenvalue weighted by Gasteiger charge is -2.07. The molecule has 0 spiro atoms. The minimum atomic E-state index is -4.01. The Morgan fingerprint density at radius 2 is 1.95 bits per heavy atom. The Hall–Kier alpha value is -0.700. The van der Waals surface area contributed by atoms with E-state index in [4.69, 9.17) is 11.6 Å². The van der Waals surface area contributed by atoms with Crippen molar-refractivity contribution in [2.75, 3.05) is 4.72 Å². The van der Waals surface area contributed by atoms with Gasteiger partial charge in [-0.25, -0.2) is 17.2 Å². The molecule has 2 rings (SSSR count). The van der Waals surface area contributed by atoms with Crippen molar-refractivity contribution in [3.8, 4) is 0 Å². The molecule has 0 atom stereocenters. The van der Waals surface area contributed by atoms with Crippen LogP contribution in [0.2, 0.25) is 5.02 Å². The van der Waals surface area contributed by atoms with Crippen LogP contribution >= 0.6 is 38.9 Å². The zero-order valence-corrected chi connectivity index (χ0v) is 12.9. The average molecular weight is 389 g/mol. The first-order valence-corrected chi connectivity index (χ1v) is 8.19. The molecule has 0 saturated heterocycles. The van der Waals surface area contributed by atoms with Gasteiger partial charge < -0.3 is 0 Å². The van der Waals surface area contributed by atoms with Gasteiger partial charge in [0.05, 0.1) is 14.5 Å². The van der Waals surface area contributed by atoms with Crippen molar-refractivity contribution in [2.24, 2.45) is 0 Å². The number of sulfonamides is 1. The Balaban J connectivity index is 2.39. The first-order chi connectivity index (χ1) is 8.79. The third-order valence-corrected chi connectivity index (χ3v) is 6.37. The van der Waals surface area contributed by atoms with Crippen molar-refractivity contribution >= 4 is 54.6 Å². The minimum absolute atomic E-state index is 0.104. The van der Waals surface area contributed by atoms with E-state index in [0.717, 1.165) is 29.5 Å². The predicted octanol–water partition coefficient (Wildman–Crippen LogP) is 4.24. The van der Waals surface area contributed by atoms with Gasteiger partial charge in [0.1, 0.15) is 15.8 Å². The summed E-state index contributed by atoms with van der Waals surface area (Å²) in [5.74, 6) is -1.61. The molecular weight excluding hydrogens is 384 g/mol. The number of anilines is 1. The molecule has 0 aliphatic carbocycles. The lowest BCUT2D eigenvalue weighted by Crippen LogP contribution is -2.12. The van der Waals surface area contributed by atoms with E-state index in [1.54, 1.807) is 0 Å². The van der Waals surface area contributed by atoms with Gasteiger partial charge in [0.15, 0.2) is 0 Å². The lowest BCUT2D eigenvalue weighted by atomic mass is 10.3. The van der Waals surface area contributed by atoms with Crippen molar-refractivity contribution in [3.63, 3.8) is 0 Å². The van der Waals surface area contributed by atoms with Crippen LogP contribution in [0.15, 0.2) is 32.3 Å². The van der Waals surface area contributed by atoms with Crippen molar-refractivity contribution < 1.29 is 17.2 Å². The Kier molecular flexibility index (Phi) is 4.14. The van der Waals surface area contributed by atoms with Gasteiger partial charge in [0.2, 0.25) is 0 Å². The maximum absolute atomic E-state index is 13.4. The van der Waals surface area contributed by atoms with E-state index in [1.807, 2.05) is 4.72 Å². The SMILES string of the molecule is O=S(=O)(Nc1cc(F)ccc1F)c1cc(Cl)c(Br)s1. The normalized spacial score (nSPS) is 11.6. The van der Waals surface area contributed by atoms with Gasteiger partial charge in [0.25, 0.3) is 10.0 Å². The standard InChI is InChI=1S/C10H5BrClF2NO2S2/c11-10-6(12)4-9(18-10)19(16,17)15-8-3-5(13)1-2-7(8)14/h1-4,15H. The topological polar surface area (TPSA) is 46.2 Å². The molecule has 2 aromatic rings. The fourth-order valence-corrected chi connectivity index (χ4v) is 4.69. The third-order valence-electron chi connectivity index (χ3n) is 2.06. The number of thiophene rings is 1. The second kappa shape index (κ2) is 5.35. The summed E-state index contributed by atoms with van der Waals surface area (Å²) in [5, 5.41) is 0.227. The van der Waals surface area contributed by atoms with Crippen molar-refractivity contribution in [3.05, 3.63) is 44.7 Å². The highest BCUT2D eigenvalue weighted by atomic mass is 79.9. The summed E-state index contributed by atoms with van der Waals surface area (Å²) in [5.41, 5.74) is -0.458. The van der Waals surface area contributed by atoms with Gasteiger partial charge in [-0.15, -0.1) is 11.3 Å². The zero-order valence-electron chi connectivity index (χ0n) is 8.95. The summed E-state index contributed by atoms with van der Waals surface area (Å²) in [4.78, 5) is 0. The van der Waals surface area contributed by atoms with Crippen LogP contribution in [-0.2, 0) is 10.0 Å². The molecule has 1 aromatic heterocycles. The first kappa shape index (κ1) is 14.7. The molecule has 9 heteroatoms. The van der Waals surface area contributed by atoms with E-state index in [0.29, 0.717) is 3.79 Å². The van der Waals surface area contributed by atoms with E-state index in [9.17, 15) is 17.2 Å². The monoisotopic (exact) mass is 387 g/mol. The molecule has 19 heavy (non-hydrogen) atoms. The molecular formula is C10H5BrClF2NO2S2. The quantitative estimate of drug-likeness (QED) is 0.855. The summed E-state index contributed by atoms with van der Waals surface area (Å²) in [7, 11) is -4.01. The van der Waals surface area contributed by atoms with Crippen LogP contribution in [0.3, 0.4) is 0 Å². The number of nitrogens with one attached hydrogen (secondary N) is 1. The van der Waals surface area contributed by atoms with Crippen LogP contribution in [-0.4, -0.2) is 8.42 Å². The van der Waals surface area contributed by atoms with Gasteiger partial charge in [-0.2, -0.15) is 0 Å². The largest absolute Gasteiger partial charge is 0.276 e. The van der Waals surface area contributed by atoms with E-state index >= 15 is 0 Å². The summed E-state index contributed by atoms with van der Waals surface area (Å²) in [6.07, 6.45) is 0. The highest BCUT2D eigenvalue weighted by Crippen LogP contribution is 2.35. The molecule has 3 nitrogen and oxygen atoms in total. The minimum Gasteiger partial charge on any atom is -0.276 e. The van der Waals surface area contributed by atoms with E-state index in [-0.39, 0.29) is 9.23 Å². The zero-order chi connectivity index (χ0) is 14.2. The molecule has 0 fully saturated rings. The maximum Gasteiger partial charge on any atom is 0.271 e. The number of halogens is 4. The van der Waals surface area contributed by atoms with E-state index in [1.165, 1.54) is 6.07 Å². The fourth-order valence-electron chi connectivity index (χ4n) is 1.23. The number of rotatable bonds is 3. The Morgan fingerprint density at radius 3 is 2.53 bits per heavy atom. The molecule has 0 bridgehead atoms. The van der Waals surface area contributed by atoms with Crippen LogP contribution in [0.25, 0.3) is 0 Å². The third kappa shape index (κ3) is 3.25. The molecule has 0 unspecified atom stereocenters. The number of hydrogen-bond donors (Lipinski definition) is 1. The van der Waals surface area contributed by atoms with Gasteiger partial charge in [-0.3, -0.25) is 4.72 Å². The fraction of sp³-hybridized carbons (Fsp3) is 0. The molecule has 1 N–H and O–H groups in total. The van der Waals surface area contributed by atoms with Crippen LogP contribution < -0.4 is 4.72 Å². The van der Waals surface area contributed by atoms with Crippen LogP contribution in [0.4, 0.5) is 14.5 Å². The Bertz CT molecular complexity index is 714. The Morgan fingerprint density at radius 1 is 1.26 bits per heavy atom. The van der Waals surface area contributed by atoms with Crippen molar-refractivity contribution in [1.82, 2.24) is 0 Å². The van der Waals surface area contributed by atoms with Gasteiger partial charge >= 0.3 is 0 Å². The van der Waals surface area contributed by atoms with Gasteiger partial charge in [-0.05, 0) is 34.1 Å². The highest BCUT2D eigenvalue weighted by molar-refractivity contribution is 9.11. The molecule has 0 saturated carbocycles. The molecule has 0 radical (unpaired) electrons. The van der Waals surface area contributed by atoms with Crippen LogP contribution in [0.5, 0.6) is 0 Å². The van der Waals surface area contributed by atoms with Gasteiger partial charge in [-0.1, -0.05) is 11.6 Å². The van der Waals surface area contributed by atoms with E-state index < -0.39 is 27.3 Å². The highest BCUT2D eigenvalue weighted by Gasteiger charge is 2.20. The first-order valence-electron chi connectivity index (χ1n) is 4.72. The second-order valence-corrected chi connectivity index (χ2v) is 8.10. The van der Waals surface area contributed by atoms with Crippen molar-refractivity contribution in [1.29, 1.82) is 0 Å². The number of hydrogen-bond acceptors (Lipinski definition) is 3. The molecule has 1 aromatic carbocycles. The van der Waals surface area contributed by atoms with Crippen LogP contribution in [0.1, 0.15) is 0 Å². The summed E-state index contributed by atoms with van der Waals surface area (Å²) >= 11 is 9.68. The summed E-state index contributed by atoms with van der Waals surface area (Å²) < 4.78 is 52.6. The molecule has 1 heterocycles. The predicted molar refractivity (Wildman–Crippen MR) is 74.2 cm³/mol. The van der Waals surface area contributed by atoms with Crippen LogP contribution in [0, 0.1) is 11.6 Å². The van der Waals surface area contributed by atoms with Crippen molar-refractivity contribution in [2.45, 2.75) is 4.21 Å². The smallest absolute Gasteiger partial charge is 0.271 e. The Labute approximate surface area is 125 Å². The maximum atomic E-state index is 13.4. The summed E-state index contributed by atoms with van der Waals surface area (Å²) in [6.45, 7) is 0. The van der Waals surface area contributed by atoms with Gasteiger partial charge in [0, 0.05) is 6.07 Å². The van der Waals surface area contributed by atoms with E-state index in [2.05, 4.69) is 15.9 Å². The lowest BCUT2D eigenvalue weighted by molar-refractivity contribution is 0.595. The molecule has 102 valence electrons. The number of benzene rings is 1. The molecule has 0 aliphatic heterocycles. The second-order valence-electron chi connectivity index (χ2n) is 3.42.